The lowest BCUT2D eigenvalue weighted by Crippen LogP contribution is -2.26. The molecule has 15 heavy (non-hydrogen) atoms. The summed E-state index contributed by atoms with van der Waals surface area (Å²) in [5, 5.41) is 14.4. The highest BCUT2D eigenvalue weighted by molar-refractivity contribution is 5.53. The van der Waals surface area contributed by atoms with Crippen LogP contribution in [0.4, 0.5) is 20.2 Å². The third kappa shape index (κ3) is 3.67. The van der Waals surface area contributed by atoms with Gasteiger partial charge in [0.1, 0.15) is 6.10 Å². The molecule has 0 amide bonds. The van der Waals surface area contributed by atoms with E-state index in [2.05, 4.69) is 15.6 Å². The van der Waals surface area contributed by atoms with Crippen LogP contribution in [0.2, 0.25) is 0 Å². The van der Waals surface area contributed by atoms with E-state index in [0.29, 0.717) is 5.69 Å². The highest BCUT2D eigenvalue weighted by Crippen LogP contribution is 2.12. The molecule has 1 aromatic rings. The van der Waals surface area contributed by atoms with Gasteiger partial charge in [-0.1, -0.05) is 0 Å². The molecule has 0 bridgehead atoms. The summed E-state index contributed by atoms with van der Waals surface area (Å²) in [5.74, 6) is 0. The molecule has 1 atom stereocenters. The highest BCUT2D eigenvalue weighted by Gasteiger charge is 2.15. The molecular weight excluding hydrogens is 204 g/mol. The number of nitrogens with zero attached hydrogens (tertiary/aromatic N) is 1. The molecule has 0 fully saturated rings. The smallest absolute Gasteiger partial charge is 0.265 e. The molecule has 1 rings (SSSR count). The van der Waals surface area contributed by atoms with Crippen LogP contribution < -0.4 is 10.6 Å². The van der Waals surface area contributed by atoms with Crippen LogP contribution in [0.25, 0.3) is 0 Å². The number of hydrogen-bond donors (Lipinski definition) is 3. The predicted octanol–water partition coefficient (Wildman–Crippen LogP) is 1.16. The van der Waals surface area contributed by atoms with Gasteiger partial charge in [0.2, 0.25) is 0 Å². The highest BCUT2D eigenvalue weighted by atomic mass is 19.3. The molecule has 0 aliphatic carbocycles. The Hall–Kier alpha value is -1.43. The van der Waals surface area contributed by atoms with Crippen molar-refractivity contribution in [3.63, 3.8) is 0 Å². The van der Waals surface area contributed by atoms with E-state index < -0.39 is 12.5 Å². The minimum Gasteiger partial charge on any atom is -0.387 e. The third-order valence-corrected chi connectivity index (χ3v) is 1.83. The zero-order chi connectivity index (χ0) is 11.3. The molecule has 1 heterocycles. The number of hydrogen-bond acceptors (Lipinski definition) is 4. The van der Waals surface area contributed by atoms with Gasteiger partial charge in [-0.3, -0.25) is 4.98 Å². The van der Waals surface area contributed by atoms with Gasteiger partial charge in [0.25, 0.3) is 6.43 Å². The zero-order valence-electron chi connectivity index (χ0n) is 8.24. The van der Waals surface area contributed by atoms with Crippen LogP contribution in [0.1, 0.15) is 0 Å². The first-order chi connectivity index (χ1) is 7.13. The largest absolute Gasteiger partial charge is 0.387 e. The molecule has 84 valence electrons. The Balaban J connectivity index is 2.50. The number of aliphatic hydroxyl groups is 1. The second-order valence-corrected chi connectivity index (χ2v) is 2.99. The van der Waals surface area contributed by atoms with Crippen molar-refractivity contribution in [2.24, 2.45) is 0 Å². The summed E-state index contributed by atoms with van der Waals surface area (Å²) in [6.07, 6.45) is -1.30. The van der Waals surface area contributed by atoms with Crippen molar-refractivity contribution < 1.29 is 13.9 Å². The lowest BCUT2D eigenvalue weighted by atomic mass is 10.3. The molecule has 6 heteroatoms. The van der Waals surface area contributed by atoms with Gasteiger partial charge < -0.3 is 15.7 Å². The Kier molecular flexibility index (Phi) is 4.23. The normalized spacial score (nSPS) is 12.6. The first kappa shape index (κ1) is 11.6. The average Bonchev–Trinajstić information content (AvgIpc) is 2.26. The third-order valence-electron chi connectivity index (χ3n) is 1.83. The summed E-state index contributed by atoms with van der Waals surface area (Å²) in [4.78, 5) is 3.88. The summed E-state index contributed by atoms with van der Waals surface area (Å²) in [5.41, 5.74) is 1.35. The van der Waals surface area contributed by atoms with Crippen LogP contribution in [0, 0.1) is 0 Å². The molecule has 1 aromatic heterocycles. The van der Waals surface area contributed by atoms with Gasteiger partial charge in [0, 0.05) is 13.6 Å². The van der Waals surface area contributed by atoms with Crippen LogP contribution in [-0.4, -0.2) is 36.2 Å². The molecule has 3 N–H and O–H groups in total. The van der Waals surface area contributed by atoms with Crippen LogP contribution in [0.15, 0.2) is 18.5 Å². The van der Waals surface area contributed by atoms with Crippen molar-refractivity contribution in [2.75, 3.05) is 24.2 Å². The van der Waals surface area contributed by atoms with E-state index in [0.717, 1.165) is 5.69 Å². The van der Waals surface area contributed by atoms with E-state index in [9.17, 15) is 8.78 Å². The van der Waals surface area contributed by atoms with Crippen molar-refractivity contribution in [3.05, 3.63) is 18.5 Å². The van der Waals surface area contributed by atoms with E-state index in [-0.39, 0.29) is 6.54 Å². The molecule has 4 nitrogen and oxygen atoms in total. The van der Waals surface area contributed by atoms with Gasteiger partial charge >= 0.3 is 0 Å². The van der Waals surface area contributed by atoms with E-state index in [1.54, 1.807) is 19.3 Å². The van der Waals surface area contributed by atoms with Gasteiger partial charge in [0.15, 0.2) is 0 Å². The van der Waals surface area contributed by atoms with Gasteiger partial charge in [-0.2, -0.15) is 0 Å². The standard InChI is InChI=1S/C9H13F2N3O/c1-12-6-2-7(4-13-3-6)14-5-8(15)9(10)11/h2-4,8-9,12,14-15H,5H2,1H3. The minimum absolute atomic E-state index is 0.202. The van der Waals surface area contributed by atoms with E-state index in [1.165, 1.54) is 6.20 Å². The zero-order valence-corrected chi connectivity index (χ0v) is 8.24. The maximum absolute atomic E-state index is 12.0. The fraction of sp³-hybridized carbons (Fsp3) is 0.444. The molecule has 0 saturated carbocycles. The lowest BCUT2D eigenvalue weighted by molar-refractivity contribution is 0.00384. The number of aromatic nitrogens is 1. The van der Waals surface area contributed by atoms with Crippen molar-refractivity contribution in [2.45, 2.75) is 12.5 Å². The predicted molar refractivity (Wildman–Crippen MR) is 54.3 cm³/mol. The number of pyridine rings is 1. The lowest BCUT2D eigenvalue weighted by Gasteiger charge is -2.12. The van der Waals surface area contributed by atoms with Gasteiger partial charge in [-0.15, -0.1) is 0 Å². The molecular formula is C9H13F2N3O. The fourth-order valence-electron chi connectivity index (χ4n) is 0.985. The first-order valence-electron chi connectivity index (χ1n) is 4.46. The van der Waals surface area contributed by atoms with Crippen molar-refractivity contribution in [3.8, 4) is 0 Å². The van der Waals surface area contributed by atoms with E-state index >= 15 is 0 Å². The summed E-state index contributed by atoms with van der Waals surface area (Å²) < 4.78 is 23.9. The van der Waals surface area contributed by atoms with Gasteiger partial charge in [-0.25, -0.2) is 8.78 Å². The average molecular weight is 217 g/mol. The summed E-state index contributed by atoms with van der Waals surface area (Å²) in [6, 6.07) is 1.71. The fourth-order valence-corrected chi connectivity index (χ4v) is 0.985. The Morgan fingerprint density at radius 2 is 2.07 bits per heavy atom. The van der Waals surface area contributed by atoms with Crippen LogP contribution >= 0.6 is 0 Å². The SMILES string of the molecule is CNc1cncc(NCC(O)C(F)F)c1. The van der Waals surface area contributed by atoms with Crippen LogP contribution in [0.3, 0.4) is 0 Å². The summed E-state index contributed by atoms with van der Waals surface area (Å²) in [6.45, 7) is -0.202. The topological polar surface area (TPSA) is 57.2 Å². The molecule has 0 spiro atoms. The number of aliphatic hydroxyl groups excluding tert-OH is 1. The molecule has 1 unspecified atom stereocenters. The molecule has 0 aliphatic heterocycles. The van der Waals surface area contributed by atoms with Gasteiger partial charge in [0.05, 0.1) is 23.8 Å². The van der Waals surface area contributed by atoms with E-state index in [4.69, 9.17) is 5.11 Å². The summed E-state index contributed by atoms with van der Waals surface area (Å²) >= 11 is 0. The monoisotopic (exact) mass is 217 g/mol. The first-order valence-corrected chi connectivity index (χ1v) is 4.46. The Bertz CT molecular complexity index is 309. The number of anilines is 2. The number of nitrogens with one attached hydrogen (secondary N) is 2. The van der Waals surface area contributed by atoms with Crippen LogP contribution in [-0.2, 0) is 0 Å². The maximum Gasteiger partial charge on any atom is 0.265 e. The summed E-state index contributed by atoms with van der Waals surface area (Å²) in [7, 11) is 1.73. The van der Waals surface area contributed by atoms with Crippen molar-refractivity contribution in [1.29, 1.82) is 0 Å². The number of alkyl halides is 2. The van der Waals surface area contributed by atoms with E-state index in [1.807, 2.05) is 0 Å². The van der Waals surface area contributed by atoms with Crippen LogP contribution in [0.5, 0.6) is 0 Å². The maximum atomic E-state index is 12.0. The molecule has 0 aliphatic rings. The quantitative estimate of drug-likeness (QED) is 0.692. The number of rotatable bonds is 5. The number of halogens is 2. The Morgan fingerprint density at radius 3 is 2.67 bits per heavy atom. The Morgan fingerprint density at radius 1 is 1.40 bits per heavy atom. The second-order valence-electron chi connectivity index (χ2n) is 2.99. The Labute approximate surface area is 86.3 Å². The second kappa shape index (κ2) is 5.45. The van der Waals surface area contributed by atoms with Crippen molar-refractivity contribution >= 4 is 11.4 Å². The molecule has 0 aromatic carbocycles. The van der Waals surface area contributed by atoms with Gasteiger partial charge in [-0.05, 0) is 6.07 Å². The molecule has 0 saturated heterocycles. The molecule has 0 radical (unpaired) electrons. The van der Waals surface area contributed by atoms with Crippen molar-refractivity contribution in [1.82, 2.24) is 4.98 Å². The minimum atomic E-state index is -2.74.